The molecule has 5 nitrogen and oxygen atoms in total. The van der Waals surface area contributed by atoms with Gasteiger partial charge in [-0.3, -0.25) is 4.79 Å². The van der Waals surface area contributed by atoms with Gasteiger partial charge in [0.05, 0.1) is 17.1 Å². The number of nitrogens with one attached hydrogen (secondary N) is 1. The fourth-order valence-electron chi connectivity index (χ4n) is 3.05. The minimum Gasteiger partial charge on any atom is -0.346 e. The number of hydrogen-bond donors (Lipinski definition) is 1. The molecular weight excluding hydrogens is 296 g/mol. The normalized spacial score (nSPS) is 18.7. The summed E-state index contributed by atoms with van der Waals surface area (Å²) >= 11 is 1.63. The van der Waals surface area contributed by atoms with Gasteiger partial charge in [0.25, 0.3) is 0 Å². The van der Waals surface area contributed by atoms with Crippen LogP contribution in [0.2, 0.25) is 0 Å². The maximum absolute atomic E-state index is 12.6. The first-order valence-electron chi connectivity index (χ1n) is 7.75. The van der Waals surface area contributed by atoms with Crippen LogP contribution in [0.5, 0.6) is 0 Å². The van der Waals surface area contributed by atoms with Crippen molar-refractivity contribution in [3.05, 3.63) is 33.3 Å². The summed E-state index contributed by atoms with van der Waals surface area (Å²) in [6.45, 7) is 7.60. The number of carbonyl (C=O) groups is 1. The van der Waals surface area contributed by atoms with Crippen LogP contribution in [0.1, 0.15) is 45.9 Å². The van der Waals surface area contributed by atoms with Gasteiger partial charge in [-0.2, -0.15) is 0 Å². The second-order valence-corrected chi connectivity index (χ2v) is 7.34. The van der Waals surface area contributed by atoms with Gasteiger partial charge in [0.2, 0.25) is 5.91 Å². The van der Waals surface area contributed by atoms with Gasteiger partial charge in [-0.05, 0) is 33.6 Å². The number of likely N-dealkylation sites (tertiary alicyclic amines) is 1. The SMILES string of the molecule is Cc1cnc(C2CCCN(C(=O)Cc3sc(C)nc3C)C2)[nH]1. The Morgan fingerprint density at radius 2 is 2.27 bits per heavy atom. The molecule has 1 aliphatic rings. The van der Waals surface area contributed by atoms with E-state index in [2.05, 4.69) is 15.0 Å². The van der Waals surface area contributed by atoms with Crippen molar-refractivity contribution in [3.63, 3.8) is 0 Å². The molecule has 1 amide bonds. The lowest BCUT2D eigenvalue weighted by Crippen LogP contribution is -2.40. The van der Waals surface area contributed by atoms with Gasteiger partial charge in [-0.25, -0.2) is 9.97 Å². The summed E-state index contributed by atoms with van der Waals surface area (Å²) in [6, 6.07) is 0. The topological polar surface area (TPSA) is 61.9 Å². The van der Waals surface area contributed by atoms with Gasteiger partial charge in [-0.1, -0.05) is 0 Å². The van der Waals surface area contributed by atoms with E-state index in [0.29, 0.717) is 12.3 Å². The quantitative estimate of drug-likeness (QED) is 0.946. The Kier molecular flexibility index (Phi) is 4.29. The van der Waals surface area contributed by atoms with Crippen LogP contribution >= 0.6 is 11.3 Å². The van der Waals surface area contributed by atoms with E-state index in [4.69, 9.17) is 0 Å². The summed E-state index contributed by atoms with van der Waals surface area (Å²) in [5, 5.41) is 1.03. The van der Waals surface area contributed by atoms with E-state index < -0.39 is 0 Å². The Balaban J connectivity index is 1.66. The molecule has 1 aliphatic heterocycles. The van der Waals surface area contributed by atoms with Crippen LogP contribution in [0.15, 0.2) is 6.20 Å². The minimum atomic E-state index is 0.208. The molecule has 0 spiro atoms. The number of rotatable bonds is 3. The zero-order valence-electron chi connectivity index (χ0n) is 13.3. The van der Waals surface area contributed by atoms with Gasteiger partial charge >= 0.3 is 0 Å². The molecule has 0 aliphatic carbocycles. The van der Waals surface area contributed by atoms with E-state index >= 15 is 0 Å². The van der Waals surface area contributed by atoms with Gasteiger partial charge in [0, 0.05) is 35.8 Å². The number of aromatic amines is 1. The van der Waals surface area contributed by atoms with Crippen LogP contribution in [0.4, 0.5) is 0 Å². The molecule has 22 heavy (non-hydrogen) atoms. The zero-order valence-corrected chi connectivity index (χ0v) is 14.2. The number of carbonyl (C=O) groups excluding carboxylic acids is 1. The number of aromatic nitrogens is 3. The van der Waals surface area contributed by atoms with Crippen LogP contribution < -0.4 is 0 Å². The second-order valence-electron chi connectivity index (χ2n) is 6.05. The summed E-state index contributed by atoms with van der Waals surface area (Å²) in [6.07, 6.45) is 4.47. The van der Waals surface area contributed by atoms with Crippen molar-refractivity contribution >= 4 is 17.2 Å². The number of hydrogen-bond acceptors (Lipinski definition) is 4. The van der Waals surface area contributed by atoms with E-state index in [1.807, 2.05) is 31.9 Å². The first-order chi connectivity index (χ1) is 10.5. The standard InChI is InChI=1S/C16H22N4OS/c1-10-8-17-16(18-10)13-5-4-6-20(9-13)15(21)7-14-11(2)19-12(3)22-14/h8,13H,4-7,9H2,1-3H3,(H,17,18). The predicted octanol–water partition coefficient (Wildman–Crippen LogP) is 2.74. The molecule has 0 bridgehead atoms. The van der Waals surface area contributed by atoms with Crippen molar-refractivity contribution in [1.82, 2.24) is 19.9 Å². The average Bonchev–Trinajstić information content (AvgIpc) is 3.05. The Hall–Kier alpha value is -1.69. The van der Waals surface area contributed by atoms with E-state index in [1.54, 1.807) is 11.3 Å². The Morgan fingerprint density at radius 3 is 2.91 bits per heavy atom. The minimum absolute atomic E-state index is 0.208. The first-order valence-corrected chi connectivity index (χ1v) is 8.56. The first kappa shape index (κ1) is 15.2. The number of amides is 1. The summed E-state index contributed by atoms with van der Waals surface area (Å²) in [5.41, 5.74) is 2.07. The van der Waals surface area contributed by atoms with E-state index in [0.717, 1.165) is 53.0 Å². The molecule has 0 radical (unpaired) electrons. The summed E-state index contributed by atoms with van der Waals surface area (Å²) in [4.78, 5) is 27.8. The highest BCUT2D eigenvalue weighted by Gasteiger charge is 2.27. The van der Waals surface area contributed by atoms with Gasteiger partial charge in [0.1, 0.15) is 5.82 Å². The highest BCUT2D eigenvalue weighted by Crippen LogP contribution is 2.26. The van der Waals surface area contributed by atoms with Crippen LogP contribution in [0.25, 0.3) is 0 Å². The van der Waals surface area contributed by atoms with Crippen molar-refractivity contribution < 1.29 is 4.79 Å². The fraction of sp³-hybridized carbons (Fsp3) is 0.562. The number of nitrogens with zero attached hydrogens (tertiary/aromatic N) is 3. The van der Waals surface area contributed by atoms with Crippen molar-refractivity contribution in [3.8, 4) is 0 Å². The van der Waals surface area contributed by atoms with Crippen LogP contribution in [-0.2, 0) is 11.2 Å². The summed E-state index contributed by atoms with van der Waals surface area (Å²) < 4.78 is 0. The molecule has 3 heterocycles. The largest absolute Gasteiger partial charge is 0.346 e. The van der Waals surface area contributed by atoms with Crippen molar-refractivity contribution in [2.45, 2.75) is 46.0 Å². The third-order valence-corrected chi connectivity index (χ3v) is 5.27. The molecule has 1 unspecified atom stereocenters. The van der Waals surface area contributed by atoms with E-state index in [1.165, 1.54) is 0 Å². The van der Waals surface area contributed by atoms with Gasteiger partial charge in [0.15, 0.2) is 0 Å². The molecule has 3 rings (SSSR count). The van der Waals surface area contributed by atoms with Crippen molar-refractivity contribution in [2.24, 2.45) is 0 Å². The van der Waals surface area contributed by atoms with Gasteiger partial charge < -0.3 is 9.88 Å². The Morgan fingerprint density at radius 1 is 1.45 bits per heavy atom. The lowest BCUT2D eigenvalue weighted by Gasteiger charge is -2.32. The average molecular weight is 318 g/mol. The number of H-pyrrole nitrogens is 1. The molecule has 2 aromatic rings. The number of aryl methyl sites for hydroxylation is 3. The molecule has 0 saturated carbocycles. The third-order valence-electron chi connectivity index (χ3n) is 4.19. The monoisotopic (exact) mass is 318 g/mol. The maximum atomic E-state index is 12.6. The van der Waals surface area contributed by atoms with E-state index in [9.17, 15) is 4.79 Å². The highest BCUT2D eigenvalue weighted by atomic mass is 32.1. The predicted molar refractivity (Wildman–Crippen MR) is 87.2 cm³/mol. The lowest BCUT2D eigenvalue weighted by molar-refractivity contribution is -0.131. The Labute approximate surface area is 134 Å². The number of piperidine rings is 1. The molecule has 2 aromatic heterocycles. The lowest BCUT2D eigenvalue weighted by atomic mass is 9.97. The molecule has 0 aromatic carbocycles. The van der Waals surface area contributed by atoms with Crippen LogP contribution in [0, 0.1) is 20.8 Å². The Bertz CT molecular complexity index is 675. The number of imidazole rings is 1. The zero-order chi connectivity index (χ0) is 15.7. The molecule has 118 valence electrons. The molecule has 6 heteroatoms. The smallest absolute Gasteiger partial charge is 0.227 e. The van der Waals surface area contributed by atoms with Crippen LogP contribution in [-0.4, -0.2) is 38.8 Å². The summed E-state index contributed by atoms with van der Waals surface area (Å²) in [7, 11) is 0. The van der Waals surface area contributed by atoms with Crippen molar-refractivity contribution in [1.29, 1.82) is 0 Å². The molecule has 1 saturated heterocycles. The molecule has 1 fully saturated rings. The van der Waals surface area contributed by atoms with Gasteiger partial charge in [-0.15, -0.1) is 11.3 Å². The fourth-order valence-corrected chi connectivity index (χ4v) is 3.98. The number of thiazole rings is 1. The molecular formula is C16H22N4OS. The third kappa shape index (κ3) is 3.21. The van der Waals surface area contributed by atoms with Crippen LogP contribution in [0.3, 0.4) is 0 Å². The van der Waals surface area contributed by atoms with E-state index in [-0.39, 0.29) is 5.91 Å². The maximum Gasteiger partial charge on any atom is 0.227 e. The molecule has 1 atom stereocenters. The highest BCUT2D eigenvalue weighted by molar-refractivity contribution is 7.11. The molecule has 1 N–H and O–H groups in total. The second kappa shape index (κ2) is 6.20. The van der Waals surface area contributed by atoms with Crippen molar-refractivity contribution in [2.75, 3.05) is 13.1 Å². The summed E-state index contributed by atoms with van der Waals surface area (Å²) in [5.74, 6) is 1.55.